The molecular weight excluding hydrogens is 232 g/mol. The number of hydrogen-bond acceptors (Lipinski definition) is 5. The molecule has 0 saturated heterocycles. The van der Waals surface area contributed by atoms with Crippen molar-refractivity contribution in [2.75, 3.05) is 7.11 Å². The van der Waals surface area contributed by atoms with E-state index in [2.05, 4.69) is 24.0 Å². The van der Waals surface area contributed by atoms with Crippen molar-refractivity contribution in [3.8, 4) is 0 Å². The Morgan fingerprint density at radius 2 is 2.17 bits per heavy atom. The first-order chi connectivity index (χ1) is 8.55. The summed E-state index contributed by atoms with van der Waals surface area (Å²) in [4.78, 5) is 4.36. The molecule has 1 fully saturated rings. The zero-order chi connectivity index (χ0) is 13.2. The highest BCUT2D eigenvalue weighted by Gasteiger charge is 2.43. The van der Waals surface area contributed by atoms with Crippen LogP contribution in [0.3, 0.4) is 0 Å². The van der Waals surface area contributed by atoms with Crippen LogP contribution in [0.4, 0.5) is 0 Å². The van der Waals surface area contributed by atoms with E-state index in [1.54, 1.807) is 7.11 Å². The third-order valence-corrected chi connectivity index (χ3v) is 3.58. The highest BCUT2D eigenvalue weighted by Crippen LogP contribution is 2.42. The molecule has 1 aliphatic carbocycles. The van der Waals surface area contributed by atoms with Crippen molar-refractivity contribution >= 4 is 0 Å². The second-order valence-corrected chi connectivity index (χ2v) is 5.55. The topological polar surface area (TPSA) is 68.4 Å². The predicted molar refractivity (Wildman–Crippen MR) is 66.0 cm³/mol. The van der Waals surface area contributed by atoms with Gasteiger partial charge in [-0.05, 0) is 31.6 Å². The minimum atomic E-state index is -0.418. The molecule has 1 N–H and O–H groups in total. The van der Waals surface area contributed by atoms with Gasteiger partial charge < -0.3 is 14.4 Å². The molecule has 5 nitrogen and oxygen atoms in total. The van der Waals surface area contributed by atoms with E-state index in [0.717, 1.165) is 25.7 Å². The summed E-state index contributed by atoms with van der Waals surface area (Å²) in [6, 6.07) is 0. The Labute approximate surface area is 108 Å². The summed E-state index contributed by atoms with van der Waals surface area (Å²) in [5.74, 6) is 1.59. The minimum absolute atomic E-state index is 0.343. The normalized spacial score (nSPS) is 19.8. The van der Waals surface area contributed by atoms with Gasteiger partial charge in [0.1, 0.15) is 5.60 Å². The first-order valence-electron chi connectivity index (χ1n) is 6.62. The van der Waals surface area contributed by atoms with Crippen molar-refractivity contribution in [1.82, 2.24) is 10.1 Å². The number of aliphatic hydroxyl groups is 1. The average Bonchev–Trinajstić information content (AvgIpc) is 2.64. The van der Waals surface area contributed by atoms with Crippen LogP contribution >= 0.6 is 0 Å². The fraction of sp³-hybridized carbons (Fsp3) is 0.846. The molecule has 1 saturated carbocycles. The standard InChI is InChI=1S/C13H22N2O3/c1-9(2)7-10(16)8-11-14-12(15-18-11)13(17-3)5-4-6-13/h9-10,16H,4-8H2,1-3H3. The van der Waals surface area contributed by atoms with Crippen LogP contribution in [0, 0.1) is 5.92 Å². The molecule has 1 aromatic heterocycles. The van der Waals surface area contributed by atoms with E-state index >= 15 is 0 Å². The van der Waals surface area contributed by atoms with Gasteiger partial charge in [-0.3, -0.25) is 0 Å². The van der Waals surface area contributed by atoms with Crippen molar-refractivity contribution < 1.29 is 14.4 Å². The molecule has 0 spiro atoms. The summed E-state index contributed by atoms with van der Waals surface area (Å²) in [5.41, 5.74) is -0.343. The van der Waals surface area contributed by atoms with E-state index in [9.17, 15) is 5.11 Å². The maximum atomic E-state index is 9.85. The lowest BCUT2D eigenvalue weighted by Gasteiger charge is -2.37. The Balaban J connectivity index is 1.98. The maximum Gasteiger partial charge on any atom is 0.229 e. The largest absolute Gasteiger partial charge is 0.393 e. The second-order valence-electron chi connectivity index (χ2n) is 5.55. The smallest absolute Gasteiger partial charge is 0.229 e. The fourth-order valence-corrected chi connectivity index (χ4v) is 2.37. The Morgan fingerprint density at radius 3 is 2.67 bits per heavy atom. The van der Waals surface area contributed by atoms with Gasteiger partial charge in [-0.2, -0.15) is 4.98 Å². The Bertz CT molecular complexity index is 380. The van der Waals surface area contributed by atoms with Crippen LogP contribution < -0.4 is 0 Å². The Morgan fingerprint density at radius 1 is 1.44 bits per heavy atom. The van der Waals surface area contributed by atoms with Gasteiger partial charge in [0.15, 0.2) is 0 Å². The number of aromatic nitrogens is 2. The lowest BCUT2D eigenvalue weighted by molar-refractivity contribution is -0.0858. The zero-order valence-electron chi connectivity index (χ0n) is 11.3. The van der Waals surface area contributed by atoms with Gasteiger partial charge in [-0.1, -0.05) is 19.0 Å². The average molecular weight is 254 g/mol. The maximum absolute atomic E-state index is 9.85. The van der Waals surface area contributed by atoms with Crippen molar-refractivity contribution in [3.05, 3.63) is 11.7 Å². The molecule has 1 aliphatic rings. The van der Waals surface area contributed by atoms with Crippen LogP contribution in [-0.4, -0.2) is 28.5 Å². The number of nitrogens with zero attached hydrogens (tertiary/aromatic N) is 2. The third kappa shape index (κ3) is 2.72. The summed E-state index contributed by atoms with van der Waals surface area (Å²) >= 11 is 0. The van der Waals surface area contributed by atoms with E-state index in [0.29, 0.717) is 24.1 Å². The summed E-state index contributed by atoms with van der Waals surface area (Å²) in [5, 5.41) is 13.8. The molecule has 0 aliphatic heterocycles. The first kappa shape index (κ1) is 13.5. The van der Waals surface area contributed by atoms with Gasteiger partial charge in [0.05, 0.1) is 12.5 Å². The number of methoxy groups -OCH3 is 1. The molecule has 102 valence electrons. The zero-order valence-corrected chi connectivity index (χ0v) is 11.3. The van der Waals surface area contributed by atoms with Crippen molar-refractivity contribution in [1.29, 1.82) is 0 Å². The van der Waals surface area contributed by atoms with E-state index in [4.69, 9.17) is 9.26 Å². The van der Waals surface area contributed by atoms with Crippen LogP contribution in [0.5, 0.6) is 0 Å². The van der Waals surface area contributed by atoms with E-state index in [1.165, 1.54) is 0 Å². The van der Waals surface area contributed by atoms with Gasteiger partial charge in [-0.25, -0.2) is 0 Å². The summed E-state index contributed by atoms with van der Waals surface area (Å²) < 4.78 is 10.7. The van der Waals surface area contributed by atoms with E-state index in [1.807, 2.05) is 0 Å². The monoisotopic (exact) mass is 254 g/mol. The van der Waals surface area contributed by atoms with Gasteiger partial charge in [-0.15, -0.1) is 0 Å². The third-order valence-electron chi connectivity index (χ3n) is 3.58. The molecule has 1 heterocycles. The molecule has 0 amide bonds. The lowest BCUT2D eigenvalue weighted by atomic mass is 9.79. The molecule has 1 atom stereocenters. The highest BCUT2D eigenvalue weighted by molar-refractivity contribution is 5.06. The van der Waals surface area contributed by atoms with Crippen LogP contribution in [0.15, 0.2) is 4.52 Å². The summed E-state index contributed by atoms with van der Waals surface area (Å²) in [6.45, 7) is 4.16. The summed E-state index contributed by atoms with van der Waals surface area (Å²) in [7, 11) is 1.68. The highest BCUT2D eigenvalue weighted by atomic mass is 16.5. The number of rotatable bonds is 6. The van der Waals surface area contributed by atoms with Crippen LogP contribution in [0.1, 0.15) is 51.2 Å². The van der Waals surface area contributed by atoms with Gasteiger partial charge in [0, 0.05) is 7.11 Å². The molecule has 0 bridgehead atoms. The summed E-state index contributed by atoms with van der Waals surface area (Å²) in [6.07, 6.45) is 3.76. The fourth-order valence-electron chi connectivity index (χ4n) is 2.37. The molecule has 0 aromatic carbocycles. The lowest BCUT2D eigenvalue weighted by Crippen LogP contribution is -2.37. The van der Waals surface area contributed by atoms with Crippen molar-refractivity contribution in [3.63, 3.8) is 0 Å². The van der Waals surface area contributed by atoms with Crippen LogP contribution in [-0.2, 0) is 16.8 Å². The van der Waals surface area contributed by atoms with Gasteiger partial charge in [0.25, 0.3) is 0 Å². The van der Waals surface area contributed by atoms with Gasteiger partial charge in [0.2, 0.25) is 11.7 Å². The van der Waals surface area contributed by atoms with Crippen molar-refractivity contribution in [2.24, 2.45) is 5.92 Å². The molecule has 2 rings (SSSR count). The molecular formula is C13H22N2O3. The Hall–Kier alpha value is -0.940. The molecule has 0 radical (unpaired) electrons. The van der Waals surface area contributed by atoms with Crippen LogP contribution in [0.25, 0.3) is 0 Å². The minimum Gasteiger partial charge on any atom is -0.393 e. The first-order valence-corrected chi connectivity index (χ1v) is 6.62. The van der Waals surface area contributed by atoms with Gasteiger partial charge >= 0.3 is 0 Å². The molecule has 1 aromatic rings. The quantitative estimate of drug-likeness (QED) is 0.841. The SMILES string of the molecule is COC1(c2noc(CC(O)CC(C)C)n2)CCC1. The second kappa shape index (κ2) is 5.36. The van der Waals surface area contributed by atoms with E-state index < -0.39 is 6.10 Å². The number of aliphatic hydroxyl groups excluding tert-OH is 1. The predicted octanol–water partition coefficient (Wildman–Crippen LogP) is 2.04. The van der Waals surface area contributed by atoms with Crippen LogP contribution in [0.2, 0.25) is 0 Å². The molecule has 18 heavy (non-hydrogen) atoms. The van der Waals surface area contributed by atoms with Crippen molar-refractivity contribution in [2.45, 2.75) is 57.7 Å². The molecule has 5 heteroatoms. The Kier molecular flexibility index (Phi) is 4.02. The van der Waals surface area contributed by atoms with E-state index in [-0.39, 0.29) is 5.60 Å². The number of ether oxygens (including phenoxy) is 1. The molecule has 1 unspecified atom stereocenters. The number of hydrogen-bond donors (Lipinski definition) is 1.